The van der Waals surface area contributed by atoms with Crippen LogP contribution in [0.2, 0.25) is 0 Å². The highest BCUT2D eigenvalue weighted by Gasteiger charge is 2.21. The van der Waals surface area contributed by atoms with Gasteiger partial charge in [-0.15, -0.1) is 0 Å². The van der Waals surface area contributed by atoms with Crippen molar-refractivity contribution in [3.05, 3.63) is 12.3 Å². The standard InChI is InChI=1S/C13H22N4O/c1-10(2)18-12-5-6-15-13(16-12)17-7-3-4-11(8-14)9-17/h5-6,10-11H,3-4,7-9,14H2,1-2H3. The second kappa shape index (κ2) is 6.00. The molecule has 1 fully saturated rings. The summed E-state index contributed by atoms with van der Waals surface area (Å²) in [5, 5.41) is 0. The van der Waals surface area contributed by atoms with Gasteiger partial charge in [0.2, 0.25) is 11.8 Å². The molecule has 1 aliphatic rings. The van der Waals surface area contributed by atoms with E-state index in [4.69, 9.17) is 10.5 Å². The van der Waals surface area contributed by atoms with Gasteiger partial charge >= 0.3 is 0 Å². The fourth-order valence-electron chi connectivity index (χ4n) is 2.23. The van der Waals surface area contributed by atoms with Crippen molar-refractivity contribution in [3.63, 3.8) is 0 Å². The van der Waals surface area contributed by atoms with Crippen LogP contribution in [0.15, 0.2) is 12.3 Å². The highest BCUT2D eigenvalue weighted by Crippen LogP contribution is 2.21. The van der Waals surface area contributed by atoms with Crippen molar-refractivity contribution in [2.75, 3.05) is 24.5 Å². The molecule has 2 heterocycles. The summed E-state index contributed by atoms with van der Waals surface area (Å²) in [4.78, 5) is 11.0. The average molecular weight is 250 g/mol. The fourth-order valence-corrected chi connectivity index (χ4v) is 2.23. The summed E-state index contributed by atoms with van der Waals surface area (Å²) in [5.74, 6) is 1.95. The maximum Gasteiger partial charge on any atom is 0.228 e. The summed E-state index contributed by atoms with van der Waals surface area (Å²) < 4.78 is 5.60. The highest BCUT2D eigenvalue weighted by molar-refractivity contribution is 5.32. The van der Waals surface area contributed by atoms with Gasteiger partial charge in [0, 0.05) is 25.4 Å². The van der Waals surface area contributed by atoms with Gasteiger partial charge in [0.15, 0.2) is 0 Å². The third-order valence-electron chi connectivity index (χ3n) is 3.11. The lowest BCUT2D eigenvalue weighted by Gasteiger charge is -2.32. The molecular weight excluding hydrogens is 228 g/mol. The molecule has 0 bridgehead atoms. The number of nitrogens with zero attached hydrogens (tertiary/aromatic N) is 3. The van der Waals surface area contributed by atoms with Crippen molar-refractivity contribution in [3.8, 4) is 5.88 Å². The number of nitrogens with two attached hydrogens (primary N) is 1. The predicted molar refractivity (Wildman–Crippen MR) is 71.8 cm³/mol. The number of hydrogen-bond donors (Lipinski definition) is 1. The van der Waals surface area contributed by atoms with E-state index in [9.17, 15) is 0 Å². The van der Waals surface area contributed by atoms with Gasteiger partial charge in [0.25, 0.3) is 0 Å². The van der Waals surface area contributed by atoms with E-state index in [0.29, 0.717) is 11.8 Å². The Labute approximate surface area is 108 Å². The lowest BCUT2D eigenvalue weighted by molar-refractivity contribution is 0.232. The maximum atomic E-state index is 5.75. The number of piperidine rings is 1. The smallest absolute Gasteiger partial charge is 0.228 e. The molecule has 1 aromatic rings. The first kappa shape index (κ1) is 13.1. The third-order valence-corrected chi connectivity index (χ3v) is 3.11. The first-order chi connectivity index (χ1) is 8.69. The summed E-state index contributed by atoms with van der Waals surface area (Å²) in [6.45, 7) is 6.67. The molecule has 1 aromatic heterocycles. The van der Waals surface area contributed by atoms with Gasteiger partial charge in [0.1, 0.15) is 0 Å². The topological polar surface area (TPSA) is 64.3 Å². The van der Waals surface area contributed by atoms with Crippen LogP contribution in [-0.4, -0.2) is 35.7 Å². The largest absolute Gasteiger partial charge is 0.475 e. The highest BCUT2D eigenvalue weighted by atomic mass is 16.5. The van der Waals surface area contributed by atoms with Crippen molar-refractivity contribution >= 4 is 5.95 Å². The third kappa shape index (κ3) is 3.32. The van der Waals surface area contributed by atoms with E-state index < -0.39 is 0 Å². The van der Waals surface area contributed by atoms with Gasteiger partial charge in [-0.2, -0.15) is 4.98 Å². The summed E-state index contributed by atoms with van der Waals surface area (Å²) >= 11 is 0. The van der Waals surface area contributed by atoms with Gasteiger partial charge in [-0.25, -0.2) is 4.98 Å². The normalized spacial score (nSPS) is 20.2. The Morgan fingerprint density at radius 1 is 1.56 bits per heavy atom. The second-order valence-electron chi connectivity index (χ2n) is 5.05. The lowest BCUT2D eigenvalue weighted by Crippen LogP contribution is -2.39. The van der Waals surface area contributed by atoms with Crippen LogP contribution in [0.4, 0.5) is 5.95 Å². The van der Waals surface area contributed by atoms with E-state index in [1.165, 1.54) is 6.42 Å². The van der Waals surface area contributed by atoms with Crippen LogP contribution in [0.3, 0.4) is 0 Å². The Balaban J connectivity index is 2.07. The van der Waals surface area contributed by atoms with E-state index in [0.717, 1.165) is 32.0 Å². The summed E-state index contributed by atoms with van der Waals surface area (Å²) in [5.41, 5.74) is 5.75. The van der Waals surface area contributed by atoms with Gasteiger partial charge in [-0.3, -0.25) is 0 Å². The molecule has 2 rings (SSSR count). The lowest BCUT2D eigenvalue weighted by atomic mass is 9.99. The number of anilines is 1. The van der Waals surface area contributed by atoms with Crippen molar-refractivity contribution < 1.29 is 4.74 Å². The van der Waals surface area contributed by atoms with E-state index in [1.807, 2.05) is 13.8 Å². The second-order valence-corrected chi connectivity index (χ2v) is 5.05. The minimum Gasteiger partial charge on any atom is -0.475 e. The zero-order valence-corrected chi connectivity index (χ0v) is 11.2. The van der Waals surface area contributed by atoms with E-state index in [2.05, 4.69) is 14.9 Å². The van der Waals surface area contributed by atoms with E-state index >= 15 is 0 Å². The molecule has 0 saturated carbocycles. The Kier molecular flexibility index (Phi) is 4.36. The van der Waals surface area contributed by atoms with Crippen LogP contribution >= 0.6 is 0 Å². The van der Waals surface area contributed by atoms with Crippen molar-refractivity contribution in [1.82, 2.24) is 9.97 Å². The first-order valence-electron chi connectivity index (χ1n) is 6.63. The zero-order chi connectivity index (χ0) is 13.0. The van der Waals surface area contributed by atoms with Gasteiger partial charge in [0.05, 0.1) is 6.10 Å². The molecule has 1 unspecified atom stereocenters. The Morgan fingerprint density at radius 2 is 2.39 bits per heavy atom. The Morgan fingerprint density at radius 3 is 3.11 bits per heavy atom. The van der Waals surface area contributed by atoms with Crippen molar-refractivity contribution in [1.29, 1.82) is 0 Å². The minimum absolute atomic E-state index is 0.130. The summed E-state index contributed by atoms with van der Waals surface area (Å²) in [6.07, 6.45) is 4.24. The first-order valence-corrected chi connectivity index (χ1v) is 6.63. The van der Waals surface area contributed by atoms with Crippen LogP contribution in [0.25, 0.3) is 0 Å². The molecule has 18 heavy (non-hydrogen) atoms. The van der Waals surface area contributed by atoms with Gasteiger partial charge in [-0.1, -0.05) is 0 Å². The Bertz CT molecular complexity index is 383. The molecule has 5 heteroatoms. The van der Waals surface area contributed by atoms with Crippen molar-refractivity contribution in [2.45, 2.75) is 32.8 Å². The zero-order valence-electron chi connectivity index (χ0n) is 11.2. The van der Waals surface area contributed by atoms with Crippen LogP contribution in [0.5, 0.6) is 5.88 Å². The number of ether oxygens (including phenoxy) is 1. The van der Waals surface area contributed by atoms with Crippen LogP contribution in [0, 0.1) is 5.92 Å². The Hall–Kier alpha value is -1.36. The minimum atomic E-state index is 0.130. The molecular formula is C13H22N4O. The number of rotatable bonds is 4. The quantitative estimate of drug-likeness (QED) is 0.876. The molecule has 0 amide bonds. The summed E-state index contributed by atoms with van der Waals surface area (Å²) in [7, 11) is 0. The fraction of sp³-hybridized carbons (Fsp3) is 0.692. The molecule has 0 aliphatic carbocycles. The van der Waals surface area contributed by atoms with Gasteiger partial charge in [-0.05, 0) is 39.2 Å². The molecule has 2 N–H and O–H groups in total. The molecule has 1 saturated heterocycles. The molecule has 0 aromatic carbocycles. The number of aromatic nitrogens is 2. The van der Waals surface area contributed by atoms with Gasteiger partial charge < -0.3 is 15.4 Å². The van der Waals surface area contributed by atoms with Crippen LogP contribution in [0.1, 0.15) is 26.7 Å². The SMILES string of the molecule is CC(C)Oc1ccnc(N2CCCC(CN)C2)n1. The molecule has 0 spiro atoms. The molecule has 1 atom stereocenters. The number of hydrogen-bond acceptors (Lipinski definition) is 5. The molecule has 100 valence electrons. The molecule has 5 nitrogen and oxygen atoms in total. The summed E-state index contributed by atoms with van der Waals surface area (Å²) in [6, 6.07) is 1.80. The van der Waals surface area contributed by atoms with Crippen LogP contribution in [-0.2, 0) is 0 Å². The maximum absolute atomic E-state index is 5.75. The molecule has 1 aliphatic heterocycles. The average Bonchev–Trinajstić information content (AvgIpc) is 2.38. The predicted octanol–water partition coefficient (Wildman–Crippen LogP) is 1.44. The van der Waals surface area contributed by atoms with Crippen LogP contribution < -0.4 is 15.4 Å². The van der Waals surface area contributed by atoms with Crippen molar-refractivity contribution in [2.24, 2.45) is 11.7 Å². The molecule has 0 radical (unpaired) electrons. The van der Waals surface area contributed by atoms with E-state index in [-0.39, 0.29) is 6.10 Å². The van der Waals surface area contributed by atoms with E-state index in [1.54, 1.807) is 12.3 Å². The monoisotopic (exact) mass is 250 g/mol.